The van der Waals surface area contributed by atoms with Gasteiger partial charge in [0, 0.05) is 23.8 Å². The van der Waals surface area contributed by atoms with E-state index in [1.165, 1.54) is 5.56 Å². The van der Waals surface area contributed by atoms with Gasteiger partial charge in [-0.15, -0.1) is 12.4 Å². The third kappa shape index (κ3) is 3.47. The van der Waals surface area contributed by atoms with Gasteiger partial charge in [0.2, 0.25) is 0 Å². The molecule has 0 saturated heterocycles. The first-order valence-corrected chi connectivity index (χ1v) is 6.22. The number of hydrogen-bond acceptors (Lipinski definition) is 3. The lowest BCUT2D eigenvalue weighted by Gasteiger charge is -2.25. The summed E-state index contributed by atoms with van der Waals surface area (Å²) in [5.41, 5.74) is 8.56. The minimum Gasteiger partial charge on any atom is -0.384 e. The first kappa shape index (κ1) is 16.0. The van der Waals surface area contributed by atoms with Crippen molar-refractivity contribution in [1.29, 1.82) is 0 Å². The molecule has 2 unspecified atom stereocenters. The van der Waals surface area contributed by atoms with Crippen LogP contribution in [0.3, 0.4) is 0 Å². The zero-order chi connectivity index (χ0) is 13.1. The van der Waals surface area contributed by atoms with Crippen LogP contribution in [0.15, 0.2) is 30.1 Å². The summed E-state index contributed by atoms with van der Waals surface area (Å²) in [5.74, 6) is 0. The smallest absolute Gasteiger partial charge is 0.104 e. The van der Waals surface area contributed by atoms with Gasteiger partial charge in [0.05, 0.1) is 6.33 Å². The number of aliphatic hydroxyl groups is 1. The third-order valence-corrected chi connectivity index (χ3v) is 3.42. The van der Waals surface area contributed by atoms with Gasteiger partial charge in [0.25, 0.3) is 0 Å². The molecule has 0 saturated carbocycles. The van der Waals surface area contributed by atoms with E-state index in [4.69, 9.17) is 5.73 Å². The van der Waals surface area contributed by atoms with E-state index in [-0.39, 0.29) is 24.5 Å². The van der Waals surface area contributed by atoms with Crippen molar-refractivity contribution in [2.75, 3.05) is 11.9 Å². The minimum atomic E-state index is -0.954. The first-order valence-electron chi connectivity index (χ1n) is 6.22. The fourth-order valence-electron chi connectivity index (χ4n) is 2.27. The number of halogens is 2. The highest BCUT2D eigenvalue weighted by atomic mass is 35.5. The number of aliphatic hydroxyl groups excluding tert-OH is 1. The van der Waals surface area contributed by atoms with Gasteiger partial charge in [-0.1, -0.05) is 12.1 Å². The van der Waals surface area contributed by atoms with Crippen LogP contribution in [0.25, 0.3) is 0 Å². The van der Waals surface area contributed by atoms with E-state index >= 15 is 0 Å². The molecule has 3 nitrogen and oxygen atoms in total. The van der Waals surface area contributed by atoms with Gasteiger partial charge in [-0.05, 0) is 37.0 Å². The van der Waals surface area contributed by atoms with Crippen molar-refractivity contribution in [1.82, 2.24) is 0 Å². The van der Waals surface area contributed by atoms with Crippen LogP contribution in [0.4, 0.5) is 10.1 Å². The Labute approximate surface area is 119 Å². The number of hydrogen-bond donors (Lipinski definition) is 3. The molecular formula is C14H20ClFN2O. The van der Waals surface area contributed by atoms with Gasteiger partial charge >= 0.3 is 0 Å². The lowest BCUT2D eigenvalue weighted by molar-refractivity contribution is 0.212. The predicted molar refractivity (Wildman–Crippen MR) is 78.3 cm³/mol. The van der Waals surface area contributed by atoms with E-state index in [0.717, 1.165) is 18.5 Å². The molecule has 0 spiro atoms. The van der Waals surface area contributed by atoms with Crippen molar-refractivity contribution in [3.05, 3.63) is 41.2 Å². The average Bonchev–Trinajstić information content (AvgIpc) is 2.39. The molecule has 0 aromatic heterocycles. The third-order valence-electron chi connectivity index (χ3n) is 3.42. The Kier molecular flexibility index (Phi) is 5.79. The van der Waals surface area contributed by atoms with E-state index in [2.05, 4.69) is 12.2 Å². The van der Waals surface area contributed by atoms with E-state index < -0.39 is 6.10 Å². The molecule has 106 valence electrons. The van der Waals surface area contributed by atoms with Gasteiger partial charge < -0.3 is 16.2 Å². The van der Waals surface area contributed by atoms with Crippen LogP contribution < -0.4 is 11.1 Å². The van der Waals surface area contributed by atoms with E-state index in [1.807, 2.05) is 18.2 Å². The average molecular weight is 287 g/mol. The van der Waals surface area contributed by atoms with Crippen LogP contribution in [-0.2, 0) is 6.42 Å². The number of benzene rings is 1. The molecule has 0 bridgehead atoms. The van der Waals surface area contributed by atoms with Gasteiger partial charge in [-0.2, -0.15) is 0 Å². The van der Waals surface area contributed by atoms with Crippen LogP contribution in [0.2, 0.25) is 0 Å². The molecular weight excluding hydrogens is 267 g/mol. The maximum Gasteiger partial charge on any atom is 0.104 e. The van der Waals surface area contributed by atoms with Crippen molar-refractivity contribution >= 4 is 18.1 Å². The van der Waals surface area contributed by atoms with Crippen molar-refractivity contribution in [3.63, 3.8) is 0 Å². The van der Waals surface area contributed by atoms with Crippen LogP contribution in [0, 0.1) is 0 Å². The van der Waals surface area contributed by atoms with E-state index in [0.29, 0.717) is 17.9 Å². The summed E-state index contributed by atoms with van der Waals surface area (Å²) in [4.78, 5) is 0. The molecule has 0 aliphatic carbocycles. The molecule has 1 aliphatic rings. The lowest BCUT2D eigenvalue weighted by atomic mass is 9.94. The van der Waals surface area contributed by atoms with E-state index in [9.17, 15) is 9.50 Å². The van der Waals surface area contributed by atoms with Crippen LogP contribution in [0.5, 0.6) is 0 Å². The SMILES string of the molecule is CC1CCc2cc(C(O)/C(=C\F)CN)ccc2N1.Cl. The molecule has 0 fully saturated rings. The summed E-state index contributed by atoms with van der Waals surface area (Å²) in [7, 11) is 0. The summed E-state index contributed by atoms with van der Waals surface area (Å²) in [5, 5.41) is 13.4. The van der Waals surface area contributed by atoms with E-state index in [1.54, 1.807) is 0 Å². The second kappa shape index (κ2) is 6.89. The Bertz CT molecular complexity index is 465. The second-order valence-corrected chi connectivity index (χ2v) is 4.79. The zero-order valence-corrected chi connectivity index (χ0v) is 11.7. The molecule has 1 heterocycles. The van der Waals surface area contributed by atoms with Crippen LogP contribution >= 0.6 is 12.4 Å². The normalized spacial score (nSPS) is 20.0. The molecule has 0 radical (unpaired) electrons. The molecule has 0 amide bonds. The van der Waals surface area contributed by atoms with Gasteiger partial charge in [-0.3, -0.25) is 0 Å². The van der Waals surface area contributed by atoms with Crippen molar-refractivity contribution in [2.24, 2.45) is 5.73 Å². The Hall–Kier alpha value is -1.10. The van der Waals surface area contributed by atoms with Crippen molar-refractivity contribution < 1.29 is 9.50 Å². The molecule has 1 aromatic rings. The van der Waals surface area contributed by atoms with Crippen LogP contribution in [-0.4, -0.2) is 17.7 Å². The Morgan fingerprint density at radius 1 is 1.63 bits per heavy atom. The second-order valence-electron chi connectivity index (χ2n) is 4.79. The monoisotopic (exact) mass is 286 g/mol. The zero-order valence-electron chi connectivity index (χ0n) is 10.9. The standard InChI is InChI=1S/C14H19FN2O.ClH/c1-9-2-3-10-6-11(4-5-13(10)17-9)14(18)12(7-15)8-16;/h4-7,9,14,17-18H,2-3,8,16H2,1H3;1H/b12-7-;. The summed E-state index contributed by atoms with van der Waals surface area (Å²) < 4.78 is 12.6. The Morgan fingerprint density at radius 3 is 3.00 bits per heavy atom. The summed E-state index contributed by atoms with van der Waals surface area (Å²) in [6.07, 6.45) is 1.48. The molecule has 1 aliphatic heterocycles. The Balaban J connectivity index is 0.00000180. The minimum absolute atomic E-state index is 0. The topological polar surface area (TPSA) is 58.3 Å². The maximum absolute atomic E-state index is 12.6. The quantitative estimate of drug-likeness (QED) is 0.801. The number of fused-ring (bicyclic) bond motifs is 1. The predicted octanol–water partition coefficient (Wildman–Crippen LogP) is 2.70. The van der Waals surface area contributed by atoms with Crippen molar-refractivity contribution in [3.8, 4) is 0 Å². The van der Waals surface area contributed by atoms with Gasteiger partial charge in [-0.25, -0.2) is 4.39 Å². The number of nitrogens with one attached hydrogen (secondary N) is 1. The number of rotatable bonds is 3. The van der Waals surface area contributed by atoms with Gasteiger partial charge in [0.15, 0.2) is 0 Å². The van der Waals surface area contributed by atoms with Gasteiger partial charge in [0.1, 0.15) is 6.10 Å². The summed E-state index contributed by atoms with van der Waals surface area (Å²) in [6.45, 7) is 2.16. The largest absolute Gasteiger partial charge is 0.384 e. The number of nitrogens with two attached hydrogens (primary N) is 1. The Morgan fingerprint density at radius 2 is 2.37 bits per heavy atom. The molecule has 1 aromatic carbocycles. The molecule has 2 atom stereocenters. The molecule has 5 heteroatoms. The molecule has 4 N–H and O–H groups in total. The van der Waals surface area contributed by atoms with Crippen molar-refractivity contribution in [2.45, 2.75) is 31.9 Å². The fraction of sp³-hybridized carbons (Fsp3) is 0.429. The highest BCUT2D eigenvalue weighted by molar-refractivity contribution is 5.85. The fourth-order valence-corrected chi connectivity index (χ4v) is 2.27. The molecule has 19 heavy (non-hydrogen) atoms. The highest BCUT2D eigenvalue weighted by Crippen LogP contribution is 2.29. The number of anilines is 1. The molecule has 2 rings (SSSR count). The highest BCUT2D eigenvalue weighted by Gasteiger charge is 2.18. The summed E-state index contributed by atoms with van der Waals surface area (Å²) >= 11 is 0. The first-order chi connectivity index (χ1) is 8.65. The summed E-state index contributed by atoms with van der Waals surface area (Å²) in [6, 6.07) is 6.15. The lowest BCUT2D eigenvalue weighted by Crippen LogP contribution is -2.22. The number of aryl methyl sites for hydroxylation is 1. The van der Waals surface area contributed by atoms with Crippen LogP contribution in [0.1, 0.15) is 30.6 Å². The maximum atomic E-state index is 12.6.